The molecule has 0 N–H and O–H groups in total. The van der Waals surface area contributed by atoms with Crippen molar-refractivity contribution in [1.82, 2.24) is 24.8 Å². The minimum Gasteiger partial charge on any atom is -0.493 e. The summed E-state index contributed by atoms with van der Waals surface area (Å²) in [6, 6.07) is 7.63. The number of ether oxygens (including phenoxy) is 3. The van der Waals surface area contributed by atoms with Crippen LogP contribution in [0.2, 0.25) is 0 Å². The number of morpholine rings is 1. The summed E-state index contributed by atoms with van der Waals surface area (Å²) >= 11 is 0. The van der Waals surface area contributed by atoms with E-state index in [4.69, 9.17) is 18.7 Å². The van der Waals surface area contributed by atoms with E-state index in [1.807, 2.05) is 29.8 Å². The lowest BCUT2D eigenvalue weighted by atomic mass is 10.2. The van der Waals surface area contributed by atoms with Gasteiger partial charge in [0.25, 0.3) is 0 Å². The fourth-order valence-electron chi connectivity index (χ4n) is 3.69. The monoisotopic (exact) mass is 413 g/mol. The van der Waals surface area contributed by atoms with Crippen molar-refractivity contribution < 1.29 is 18.7 Å². The van der Waals surface area contributed by atoms with E-state index < -0.39 is 0 Å². The molecule has 0 amide bonds. The molecule has 1 saturated heterocycles. The second-order valence-electron chi connectivity index (χ2n) is 7.42. The molecule has 0 radical (unpaired) electrons. The minimum atomic E-state index is 0.0741. The molecule has 0 bridgehead atoms. The van der Waals surface area contributed by atoms with Crippen LogP contribution in [0.4, 0.5) is 0 Å². The summed E-state index contributed by atoms with van der Waals surface area (Å²) in [5.74, 6) is 2.39. The molecule has 1 aliphatic heterocycles. The molecule has 2 aromatic heterocycles. The maximum atomic E-state index is 5.94. The van der Waals surface area contributed by atoms with Gasteiger partial charge in [0.15, 0.2) is 11.5 Å². The first kappa shape index (κ1) is 20.4. The van der Waals surface area contributed by atoms with E-state index in [9.17, 15) is 0 Å². The Morgan fingerprint density at radius 1 is 1.13 bits per heavy atom. The van der Waals surface area contributed by atoms with E-state index in [2.05, 4.69) is 33.1 Å². The summed E-state index contributed by atoms with van der Waals surface area (Å²) < 4.78 is 24.1. The summed E-state index contributed by atoms with van der Waals surface area (Å²) in [5.41, 5.74) is 2.98. The normalized spacial score (nSPS) is 17.3. The van der Waals surface area contributed by atoms with E-state index in [0.717, 1.165) is 36.6 Å². The van der Waals surface area contributed by atoms with Gasteiger partial charge in [0.05, 0.1) is 45.7 Å². The van der Waals surface area contributed by atoms with Gasteiger partial charge in [-0.1, -0.05) is 5.16 Å². The van der Waals surface area contributed by atoms with Gasteiger partial charge in [-0.15, -0.1) is 0 Å². The Morgan fingerprint density at radius 3 is 2.70 bits per heavy atom. The van der Waals surface area contributed by atoms with Gasteiger partial charge in [0.1, 0.15) is 0 Å². The molecule has 160 valence electrons. The molecule has 0 saturated carbocycles. The predicted octanol–water partition coefficient (Wildman–Crippen LogP) is 2.47. The number of aromatic nitrogens is 4. The average molecular weight is 413 g/mol. The van der Waals surface area contributed by atoms with Crippen molar-refractivity contribution >= 4 is 0 Å². The Balaban J connectivity index is 1.40. The molecule has 3 heterocycles. The van der Waals surface area contributed by atoms with Gasteiger partial charge in [-0.05, 0) is 38.1 Å². The van der Waals surface area contributed by atoms with Crippen LogP contribution in [0, 0.1) is 13.8 Å². The van der Waals surface area contributed by atoms with Crippen LogP contribution in [0.15, 0.2) is 28.8 Å². The Hall–Kier alpha value is -2.91. The summed E-state index contributed by atoms with van der Waals surface area (Å²) in [5, 5.41) is 8.66. The second-order valence-corrected chi connectivity index (χ2v) is 7.42. The van der Waals surface area contributed by atoms with Crippen molar-refractivity contribution in [2.24, 2.45) is 0 Å². The van der Waals surface area contributed by atoms with Crippen molar-refractivity contribution in [2.45, 2.75) is 33.0 Å². The molecule has 30 heavy (non-hydrogen) atoms. The third-order valence-corrected chi connectivity index (χ3v) is 5.17. The Kier molecular flexibility index (Phi) is 6.01. The highest BCUT2D eigenvalue weighted by molar-refractivity contribution is 5.60. The number of hydrogen-bond acceptors (Lipinski definition) is 8. The predicted molar refractivity (Wildman–Crippen MR) is 110 cm³/mol. The lowest BCUT2D eigenvalue weighted by Gasteiger charge is -2.32. The molecule has 9 heteroatoms. The number of hydrogen-bond donors (Lipinski definition) is 0. The first-order valence-corrected chi connectivity index (χ1v) is 9.95. The molecule has 0 spiro atoms. The van der Waals surface area contributed by atoms with Crippen molar-refractivity contribution in [1.29, 1.82) is 0 Å². The van der Waals surface area contributed by atoms with Gasteiger partial charge in [0.2, 0.25) is 11.7 Å². The van der Waals surface area contributed by atoms with Crippen molar-refractivity contribution in [3.8, 4) is 22.9 Å². The highest BCUT2D eigenvalue weighted by Gasteiger charge is 2.23. The highest BCUT2D eigenvalue weighted by Crippen LogP contribution is 2.31. The number of nitrogens with zero attached hydrogens (tertiary/aromatic N) is 5. The van der Waals surface area contributed by atoms with E-state index in [1.165, 1.54) is 0 Å². The number of aryl methyl sites for hydroxylation is 2. The van der Waals surface area contributed by atoms with Gasteiger partial charge in [-0.3, -0.25) is 9.58 Å². The fraction of sp³-hybridized carbons (Fsp3) is 0.476. The number of methoxy groups -OCH3 is 2. The highest BCUT2D eigenvalue weighted by atomic mass is 16.5. The summed E-state index contributed by atoms with van der Waals surface area (Å²) in [6.45, 7) is 7.65. The first-order valence-electron chi connectivity index (χ1n) is 9.95. The van der Waals surface area contributed by atoms with Gasteiger partial charge >= 0.3 is 0 Å². The van der Waals surface area contributed by atoms with Gasteiger partial charge in [-0.25, -0.2) is 0 Å². The lowest BCUT2D eigenvalue weighted by molar-refractivity contribution is -0.0429. The molecule has 1 unspecified atom stereocenters. The van der Waals surface area contributed by atoms with Gasteiger partial charge in [0, 0.05) is 24.3 Å². The smallest absolute Gasteiger partial charge is 0.241 e. The zero-order valence-electron chi connectivity index (χ0n) is 17.8. The quantitative estimate of drug-likeness (QED) is 0.584. The standard InChI is InChI=1S/C21H27N5O4/c1-14-9-15(2)26(23-14)12-17-11-25(7-8-29-17)13-20-22-21(24-30-20)16-5-6-18(27-3)19(10-16)28-4/h5-6,9-10,17H,7-8,11-13H2,1-4H3. The third-order valence-electron chi connectivity index (χ3n) is 5.17. The lowest BCUT2D eigenvalue weighted by Crippen LogP contribution is -2.44. The topological polar surface area (TPSA) is 87.7 Å². The molecule has 1 aliphatic rings. The average Bonchev–Trinajstić information content (AvgIpc) is 3.33. The van der Waals surface area contributed by atoms with E-state index in [0.29, 0.717) is 36.4 Å². The van der Waals surface area contributed by atoms with Crippen LogP contribution in [0.5, 0.6) is 11.5 Å². The van der Waals surface area contributed by atoms with E-state index in [-0.39, 0.29) is 6.10 Å². The molecule has 3 aromatic rings. The van der Waals surface area contributed by atoms with Crippen LogP contribution >= 0.6 is 0 Å². The molecule has 1 aromatic carbocycles. The molecule has 1 fully saturated rings. The van der Waals surface area contributed by atoms with Crippen LogP contribution in [0.25, 0.3) is 11.4 Å². The molecule has 1 atom stereocenters. The molecular weight excluding hydrogens is 386 g/mol. The zero-order chi connectivity index (χ0) is 21.1. The maximum absolute atomic E-state index is 5.94. The number of rotatable bonds is 7. The molecule has 9 nitrogen and oxygen atoms in total. The van der Waals surface area contributed by atoms with Crippen LogP contribution in [-0.2, 0) is 17.8 Å². The SMILES string of the molecule is COc1ccc(-c2noc(CN3CCOC(Cn4nc(C)cc4C)C3)n2)cc1OC. The first-order chi connectivity index (χ1) is 14.6. The Morgan fingerprint density at radius 2 is 1.97 bits per heavy atom. The van der Waals surface area contributed by atoms with Gasteiger partial charge in [-0.2, -0.15) is 10.1 Å². The fourth-order valence-corrected chi connectivity index (χ4v) is 3.69. The van der Waals surface area contributed by atoms with Crippen molar-refractivity contribution in [2.75, 3.05) is 33.9 Å². The summed E-state index contributed by atoms with van der Waals surface area (Å²) in [4.78, 5) is 6.83. The van der Waals surface area contributed by atoms with E-state index in [1.54, 1.807) is 14.2 Å². The van der Waals surface area contributed by atoms with E-state index >= 15 is 0 Å². The minimum absolute atomic E-state index is 0.0741. The Bertz CT molecular complexity index is 999. The summed E-state index contributed by atoms with van der Waals surface area (Å²) in [6.07, 6.45) is 0.0741. The van der Waals surface area contributed by atoms with Crippen LogP contribution < -0.4 is 9.47 Å². The van der Waals surface area contributed by atoms with Crippen molar-refractivity contribution in [3.05, 3.63) is 41.5 Å². The number of benzene rings is 1. The van der Waals surface area contributed by atoms with Crippen LogP contribution in [-0.4, -0.2) is 64.8 Å². The molecule has 4 rings (SSSR count). The maximum Gasteiger partial charge on any atom is 0.241 e. The third kappa shape index (κ3) is 4.47. The van der Waals surface area contributed by atoms with Crippen LogP contribution in [0.1, 0.15) is 17.3 Å². The summed E-state index contributed by atoms with van der Waals surface area (Å²) in [7, 11) is 3.21. The van der Waals surface area contributed by atoms with Crippen molar-refractivity contribution in [3.63, 3.8) is 0 Å². The zero-order valence-corrected chi connectivity index (χ0v) is 17.8. The largest absolute Gasteiger partial charge is 0.493 e. The van der Waals surface area contributed by atoms with Gasteiger partial charge < -0.3 is 18.7 Å². The van der Waals surface area contributed by atoms with Crippen LogP contribution in [0.3, 0.4) is 0 Å². The second kappa shape index (κ2) is 8.85. The Labute approximate surface area is 175 Å². The molecular formula is C21H27N5O4. The molecule has 0 aliphatic carbocycles.